The molecular weight excluding hydrogens is 449 g/mol. The lowest BCUT2D eigenvalue weighted by Crippen LogP contribution is -2.41. The molecule has 1 aromatic heterocycles. The highest BCUT2D eigenvalue weighted by molar-refractivity contribution is 14.0. The number of aromatic nitrogens is 1. The molecule has 0 radical (unpaired) electrons. The van der Waals surface area contributed by atoms with Gasteiger partial charge in [-0.15, -0.1) is 35.3 Å². The highest BCUT2D eigenvalue weighted by Crippen LogP contribution is 2.17. The average molecular weight is 479 g/mol. The van der Waals surface area contributed by atoms with E-state index in [0.29, 0.717) is 12.0 Å². The molecule has 0 spiro atoms. The van der Waals surface area contributed by atoms with Crippen molar-refractivity contribution < 1.29 is 4.79 Å². The molecule has 1 aromatic rings. The number of amides is 1. The number of nitrogens with zero attached hydrogens (tertiary/aromatic N) is 2. The molecule has 8 heteroatoms. The van der Waals surface area contributed by atoms with Crippen molar-refractivity contribution in [3.05, 3.63) is 16.1 Å². The molecule has 1 fully saturated rings. The fourth-order valence-electron chi connectivity index (χ4n) is 2.84. The monoisotopic (exact) mass is 479 g/mol. The molecule has 0 saturated heterocycles. The second kappa shape index (κ2) is 12.5. The number of carbonyl (C=O) groups excluding carboxylic acids is 1. The van der Waals surface area contributed by atoms with Gasteiger partial charge in [0.1, 0.15) is 6.54 Å². The third-order valence-corrected chi connectivity index (χ3v) is 4.86. The van der Waals surface area contributed by atoms with Gasteiger partial charge in [-0.25, -0.2) is 9.98 Å². The largest absolute Gasteiger partial charge is 0.357 e. The average Bonchev–Trinajstić information content (AvgIpc) is 2.99. The van der Waals surface area contributed by atoms with Gasteiger partial charge in [-0.05, 0) is 26.7 Å². The van der Waals surface area contributed by atoms with Gasteiger partial charge in [-0.2, -0.15) is 0 Å². The standard InChI is InChI=1S/C17H29N5OS.HI/c1-3-18-17(19-10-9-15-12-24-13(2)21-15)20-11-16(23)22-14-7-5-4-6-8-14;/h12,14H,3-11H2,1-2H3,(H,22,23)(H2,18,19,20);1H. The number of aryl methyl sites for hydroxylation is 1. The van der Waals surface area contributed by atoms with Crippen LogP contribution in [0.4, 0.5) is 0 Å². The van der Waals surface area contributed by atoms with Crippen molar-refractivity contribution in [1.82, 2.24) is 20.9 Å². The van der Waals surface area contributed by atoms with Crippen LogP contribution in [0.1, 0.15) is 49.7 Å². The molecule has 1 heterocycles. The van der Waals surface area contributed by atoms with Gasteiger partial charge in [0.25, 0.3) is 0 Å². The van der Waals surface area contributed by atoms with E-state index in [4.69, 9.17) is 0 Å². The van der Waals surface area contributed by atoms with E-state index in [9.17, 15) is 4.79 Å². The molecule has 25 heavy (non-hydrogen) atoms. The highest BCUT2D eigenvalue weighted by atomic mass is 127. The number of guanidine groups is 1. The van der Waals surface area contributed by atoms with Crippen molar-refractivity contribution in [2.24, 2.45) is 4.99 Å². The fraction of sp³-hybridized carbons (Fsp3) is 0.706. The number of halogens is 1. The zero-order chi connectivity index (χ0) is 17.2. The Balaban J connectivity index is 0.00000312. The van der Waals surface area contributed by atoms with Crippen LogP contribution in [0.3, 0.4) is 0 Å². The van der Waals surface area contributed by atoms with Gasteiger partial charge >= 0.3 is 0 Å². The zero-order valence-corrected chi connectivity index (χ0v) is 18.3. The van der Waals surface area contributed by atoms with Gasteiger partial charge < -0.3 is 16.0 Å². The van der Waals surface area contributed by atoms with E-state index < -0.39 is 0 Å². The van der Waals surface area contributed by atoms with Crippen molar-refractivity contribution >= 4 is 47.2 Å². The van der Waals surface area contributed by atoms with Crippen LogP contribution < -0.4 is 16.0 Å². The lowest BCUT2D eigenvalue weighted by Gasteiger charge is -2.22. The van der Waals surface area contributed by atoms with Crippen molar-refractivity contribution in [3.8, 4) is 0 Å². The van der Waals surface area contributed by atoms with Gasteiger partial charge in [-0.3, -0.25) is 4.79 Å². The van der Waals surface area contributed by atoms with Gasteiger partial charge in [0.05, 0.1) is 10.7 Å². The van der Waals surface area contributed by atoms with Crippen LogP contribution in [0.15, 0.2) is 10.4 Å². The molecule has 2 rings (SSSR count). The maximum Gasteiger partial charge on any atom is 0.242 e. The van der Waals surface area contributed by atoms with Crippen LogP contribution in [-0.4, -0.2) is 42.5 Å². The predicted octanol–water partition coefficient (Wildman–Crippen LogP) is 2.62. The fourth-order valence-corrected chi connectivity index (χ4v) is 3.49. The third kappa shape index (κ3) is 8.84. The first-order chi connectivity index (χ1) is 11.7. The van der Waals surface area contributed by atoms with Crippen LogP contribution >= 0.6 is 35.3 Å². The van der Waals surface area contributed by atoms with E-state index in [2.05, 4.69) is 31.3 Å². The van der Waals surface area contributed by atoms with E-state index >= 15 is 0 Å². The Hall–Kier alpha value is -0.900. The van der Waals surface area contributed by atoms with Crippen LogP contribution in [0.2, 0.25) is 0 Å². The Labute approximate surface area is 171 Å². The Morgan fingerprint density at radius 2 is 2.08 bits per heavy atom. The van der Waals surface area contributed by atoms with Crippen molar-refractivity contribution in [2.75, 3.05) is 19.6 Å². The summed E-state index contributed by atoms with van der Waals surface area (Å²) in [5, 5.41) is 12.7. The zero-order valence-electron chi connectivity index (χ0n) is 15.1. The predicted molar refractivity (Wildman–Crippen MR) is 115 cm³/mol. The van der Waals surface area contributed by atoms with E-state index in [1.54, 1.807) is 11.3 Å². The molecule has 1 amide bonds. The second-order valence-electron chi connectivity index (χ2n) is 6.13. The Morgan fingerprint density at radius 3 is 2.72 bits per heavy atom. The van der Waals surface area contributed by atoms with Gasteiger partial charge in [0.15, 0.2) is 5.96 Å². The molecule has 0 aromatic carbocycles. The van der Waals surface area contributed by atoms with Crippen molar-refractivity contribution in [1.29, 1.82) is 0 Å². The number of aliphatic imine (C=N–C) groups is 1. The third-order valence-electron chi connectivity index (χ3n) is 4.04. The maximum absolute atomic E-state index is 12.0. The number of nitrogens with one attached hydrogen (secondary N) is 3. The summed E-state index contributed by atoms with van der Waals surface area (Å²) in [4.78, 5) is 20.9. The molecule has 0 unspecified atom stereocenters. The van der Waals surface area contributed by atoms with E-state index in [1.165, 1.54) is 19.3 Å². The number of hydrogen-bond acceptors (Lipinski definition) is 4. The van der Waals surface area contributed by atoms with Gasteiger partial charge in [0.2, 0.25) is 5.91 Å². The summed E-state index contributed by atoms with van der Waals surface area (Å²) < 4.78 is 0. The Morgan fingerprint density at radius 1 is 1.32 bits per heavy atom. The minimum Gasteiger partial charge on any atom is -0.357 e. The highest BCUT2D eigenvalue weighted by Gasteiger charge is 2.15. The Kier molecular flexibility index (Phi) is 11.0. The number of rotatable bonds is 7. The van der Waals surface area contributed by atoms with Gasteiger partial charge in [-0.1, -0.05) is 19.3 Å². The van der Waals surface area contributed by atoms with Crippen molar-refractivity contribution in [2.45, 2.75) is 58.4 Å². The minimum atomic E-state index is 0. The molecule has 1 saturated carbocycles. The van der Waals surface area contributed by atoms with Crippen molar-refractivity contribution in [3.63, 3.8) is 0 Å². The number of hydrogen-bond donors (Lipinski definition) is 3. The van der Waals surface area contributed by atoms with Crippen LogP contribution in [0.25, 0.3) is 0 Å². The van der Waals surface area contributed by atoms with Crippen LogP contribution in [0, 0.1) is 6.92 Å². The second-order valence-corrected chi connectivity index (χ2v) is 7.19. The van der Waals surface area contributed by atoms with E-state index in [-0.39, 0.29) is 36.4 Å². The van der Waals surface area contributed by atoms with E-state index in [1.807, 2.05) is 13.8 Å². The molecule has 6 nitrogen and oxygen atoms in total. The molecule has 1 aliphatic rings. The summed E-state index contributed by atoms with van der Waals surface area (Å²) >= 11 is 1.67. The van der Waals surface area contributed by atoms with Crippen LogP contribution in [-0.2, 0) is 11.2 Å². The first-order valence-corrected chi connectivity index (χ1v) is 9.78. The maximum atomic E-state index is 12.0. The quantitative estimate of drug-likeness (QED) is 0.319. The molecule has 142 valence electrons. The lowest BCUT2D eigenvalue weighted by molar-refractivity contribution is -0.120. The molecule has 3 N–H and O–H groups in total. The summed E-state index contributed by atoms with van der Waals surface area (Å²) in [6.45, 7) is 5.72. The summed E-state index contributed by atoms with van der Waals surface area (Å²) in [6, 6.07) is 0.338. The number of carbonyl (C=O) groups is 1. The Bertz CT molecular complexity index is 543. The number of thiazole rings is 1. The summed E-state index contributed by atoms with van der Waals surface area (Å²) in [6.07, 6.45) is 6.77. The molecular formula is C17H30IN5OS. The molecule has 0 aliphatic heterocycles. The summed E-state index contributed by atoms with van der Waals surface area (Å²) in [5.41, 5.74) is 1.09. The SMILES string of the molecule is CCNC(=NCC(=O)NC1CCCCC1)NCCc1csc(C)n1.I. The van der Waals surface area contributed by atoms with Crippen LogP contribution in [0.5, 0.6) is 0 Å². The summed E-state index contributed by atoms with van der Waals surface area (Å²) in [7, 11) is 0. The normalized spacial score (nSPS) is 15.4. The smallest absolute Gasteiger partial charge is 0.242 e. The minimum absolute atomic E-state index is 0. The first kappa shape index (κ1) is 22.1. The molecule has 1 aliphatic carbocycles. The molecule has 0 bridgehead atoms. The van der Waals surface area contributed by atoms with E-state index in [0.717, 1.165) is 43.1 Å². The van der Waals surface area contributed by atoms with Gasteiger partial charge in [0, 0.05) is 30.9 Å². The topological polar surface area (TPSA) is 78.4 Å². The summed E-state index contributed by atoms with van der Waals surface area (Å²) in [5.74, 6) is 0.692. The first-order valence-electron chi connectivity index (χ1n) is 8.90. The molecule has 0 atom stereocenters. The lowest BCUT2D eigenvalue weighted by atomic mass is 9.95.